The van der Waals surface area contributed by atoms with Crippen LogP contribution in [0.25, 0.3) is 0 Å². The fraction of sp³-hybridized carbons (Fsp3) is 0.280. The first-order valence-electron chi connectivity index (χ1n) is 10.5. The van der Waals surface area contributed by atoms with E-state index in [9.17, 15) is 0 Å². The zero-order valence-electron chi connectivity index (χ0n) is 17.9. The SMILES string of the molecule is COc1cc(Br)cc(CNc2ccc(N3CCOCC3)c(Cl)c2)c1OCc1ccccc1. The van der Waals surface area contributed by atoms with Gasteiger partial charge >= 0.3 is 0 Å². The molecule has 168 valence electrons. The Kier molecular flexibility index (Phi) is 7.79. The molecular weight excluding hydrogens is 492 g/mol. The lowest BCUT2D eigenvalue weighted by molar-refractivity contribution is 0.122. The summed E-state index contributed by atoms with van der Waals surface area (Å²) in [7, 11) is 1.65. The Morgan fingerprint density at radius 2 is 1.84 bits per heavy atom. The van der Waals surface area contributed by atoms with E-state index in [4.69, 9.17) is 25.8 Å². The van der Waals surface area contributed by atoms with Gasteiger partial charge in [0, 0.05) is 35.4 Å². The van der Waals surface area contributed by atoms with Crippen LogP contribution in [0.4, 0.5) is 11.4 Å². The van der Waals surface area contributed by atoms with Gasteiger partial charge in [-0.1, -0.05) is 57.9 Å². The van der Waals surface area contributed by atoms with Gasteiger partial charge in [0.2, 0.25) is 0 Å². The first-order valence-corrected chi connectivity index (χ1v) is 11.7. The van der Waals surface area contributed by atoms with E-state index in [2.05, 4.69) is 38.3 Å². The van der Waals surface area contributed by atoms with E-state index < -0.39 is 0 Å². The maximum Gasteiger partial charge on any atom is 0.166 e. The number of nitrogens with one attached hydrogen (secondary N) is 1. The summed E-state index contributed by atoms with van der Waals surface area (Å²) in [6, 6.07) is 20.1. The van der Waals surface area contributed by atoms with Gasteiger partial charge in [-0.15, -0.1) is 0 Å². The van der Waals surface area contributed by atoms with Crippen molar-refractivity contribution in [3.05, 3.63) is 81.3 Å². The van der Waals surface area contributed by atoms with Crippen LogP contribution in [0.5, 0.6) is 11.5 Å². The lowest BCUT2D eigenvalue weighted by Crippen LogP contribution is -2.36. The highest BCUT2D eigenvalue weighted by molar-refractivity contribution is 9.10. The third-order valence-electron chi connectivity index (χ3n) is 5.32. The number of ether oxygens (including phenoxy) is 3. The highest BCUT2D eigenvalue weighted by atomic mass is 79.9. The summed E-state index contributed by atoms with van der Waals surface area (Å²) in [5.41, 5.74) is 4.07. The number of halogens is 2. The van der Waals surface area contributed by atoms with Gasteiger partial charge in [-0.3, -0.25) is 0 Å². The molecule has 0 unspecified atom stereocenters. The van der Waals surface area contributed by atoms with E-state index in [1.165, 1.54) is 0 Å². The first kappa shape index (κ1) is 22.8. The molecule has 1 heterocycles. The van der Waals surface area contributed by atoms with Crippen LogP contribution in [0, 0.1) is 0 Å². The number of methoxy groups -OCH3 is 1. The number of hydrogen-bond acceptors (Lipinski definition) is 5. The predicted octanol–water partition coefficient (Wildman–Crippen LogP) is 6.14. The highest BCUT2D eigenvalue weighted by Crippen LogP contribution is 2.36. The number of anilines is 2. The van der Waals surface area contributed by atoms with Crippen LogP contribution in [0.2, 0.25) is 5.02 Å². The molecule has 0 spiro atoms. The Balaban J connectivity index is 1.49. The van der Waals surface area contributed by atoms with E-state index in [0.29, 0.717) is 18.9 Å². The minimum absolute atomic E-state index is 0.464. The second kappa shape index (κ2) is 10.9. The van der Waals surface area contributed by atoms with Crippen molar-refractivity contribution in [2.24, 2.45) is 0 Å². The van der Waals surface area contributed by atoms with Gasteiger partial charge in [0.1, 0.15) is 6.61 Å². The van der Waals surface area contributed by atoms with Crippen molar-refractivity contribution in [3.8, 4) is 11.5 Å². The molecule has 3 aromatic carbocycles. The number of hydrogen-bond donors (Lipinski definition) is 1. The Labute approximate surface area is 202 Å². The van der Waals surface area contributed by atoms with Crippen LogP contribution < -0.4 is 19.7 Å². The van der Waals surface area contributed by atoms with Gasteiger partial charge < -0.3 is 24.4 Å². The van der Waals surface area contributed by atoms with E-state index in [-0.39, 0.29) is 0 Å². The molecule has 1 N–H and O–H groups in total. The van der Waals surface area contributed by atoms with Gasteiger partial charge in [0.05, 0.1) is 31.0 Å². The predicted molar refractivity (Wildman–Crippen MR) is 133 cm³/mol. The van der Waals surface area contributed by atoms with Crippen LogP contribution in [0.1, 0.15) is 11.1 Å². The number of morpholine rings is 1. The lowest BCUT2D eigenvalue weighted by atomic mass is 10.1. The molecule has 0 saturated carbocycles. The zero-order valence-corrected chi connectivity index (χ0v) is 20.3. The second-order valence-corrected chi connectivity index (χ2v) is 8.81. The largest absolute Gasteiger partial charge is 0.493 e. The molecule has 0 bridgehead atoms. The van der Waals surface area contributed by atoms with Gasteiger partial charge in [-0.05, 0) is 35.9 Å². The Morgan fingerprint density at radius 1 is 1.06 bits per heavy atom. The molecule has 0 amide bonds. The maximum absolute atomic E-state index is 6.59. The molecule has 3 aromatic rings. The molecule has 0 aromatic heterocycles. The fourth-order valence-corrected chi connectivity index (χ4v) is 4.46. The molecule has 0 radical (unpaired) electrons. The summed E-state index contributed by atoms with van der Waals surface area (Å²) in [5, 5.41) is 4.19. The van der Waals surface area contributed by atoms with Gasteiger partial charge in [0.25, 0.3) is 0 Å². The standard InChI is InChI=1S/C25H26BrClN2O3/c1-30-24-14-20(26)13-19(25(24)32-17-18-5-3-2-4-6-18)16-28-21-7-8-23(22(27)15-21)29-9-11-31-12-10-29/h2-8,13-15,28H,9-12,16-17H2,1H3. The molecular formula is C25H26BrClN2O3. The van der Waals surface area contributed by atoms with Gasteiger partial charge in [0.15, 0.2) is 11.5 Å². The quantitative estimate of drug-likeness (QED) is 0.389. The number of benzene rings is 3. The van der Waals surface area contributed by atoms with Crippen molar-refractivity contribution in [3.63, 3.8) is 0 Å². The van der Waals surface area contributed by atoms with E-state index in [1.54, 1.807) is 7.11 Å². The fourth-order valence-electron chi connectivity index (χ4n) is 3.67. The summed E-state index contributed by atoms with van der Waals surface area (Å²) >= 11 is 10.2. The lowest BCUT2D eigenvalue weighted by Gasteiger charge is -2.29. The average Bonchev–Trinajstić information content (AvgIpc) is 2.83. The molecule has 7 heteroatoms. The van der Waals surface area contributed by atoms with Gasteiger partial charge in [-0.2, -0.15) is 0 Å². The topological polar surface area (TPSA) is 43.0 Å². The molecule has 1 fully saturated rings. The second-order valence-electron chi connectivity index (χ2n) is 7.49. The van der Waals surface area contributed by atoms with Crippen LogP contribution >= 0.6 is 27.5 Å². The van der Waals surface area contributed by atoms with Crippen molar-refractivity contribution >= 4 is 38.9 Å². The van der Waals surface area contributed by atoms with E-state index in [1.807, 2.05) is 48.5 Å². The van der Waals surface area contributed by atoms with Crippen LogP contribution in [0.3, 0.4) is 0 Å². The van der Waals surface area contributed by atoms with Crippen molar-refractivity contribution < 1.29 is 14.2 Å². The molecule has 1 saturated heterocycles. The minimum Gasteiger partial charge on any atom is -0.493 e. The highest BCUT2D eigenvalue weighted by Gasteiger charge is 2.16. The molecule has 0 aliphatic carbocycles. The molecule has 5 nitrogen and oxygen atoms in total. The summed E-state index contributed by atoms with van der Waals surface area (Å²) < 4.78 is 18.1. The Morgan fingerprint density at radius 3 is 2.56 bits per heavy atom. The summed E-state index contributed by atoms with van der Waals surface area (Å²) in [5.74, 6) is 1.41. The smallest absolute Gasteiger partial charge is 0.166 e. The normalized spacial score (nSPS) is 13.7. The van der Waals surface area contributed by atoms with Crippen molar-refractivity contribution in [1.82, 2.24) is 0 Å². The average molecular weight is 518 g/mol. The third kappa shape index (κ3) is 5.68. The summed E-state index contributed by atoms with van der Waals surface area (Å²) in [6.45, 7) is 4.19. The maximum atomic E-state index is 6.59. The van der Waals surface area contributed by atoms with Crippen molar-refractivity contribution in [1.29, 1.82) is 0 Å². The Hall–Kier alpha value is -2.41. The van der Waals surface area contributed by atoms with Crippen molar-refractivity contribution in [2.75, 3.05) is 43.6 Å². The number of nitrogens with zero attached hydrogens (tertiary/aromatic N) is 1. The van der Waals surface area contributed by atoms with Crippen LogP contribution in [0.15, 0.2) is 65.1 Å². The van der Waals surface area contributed by atoms with Crippen LogP contribution in [-0.2, 0) is 17.9 Å². The monoisotopic (exact) mass is 516 g/mol. The molecule has 32 heavy (non-hydrogen) atoms. The molecule has 4 rings (SSSR count). The molecule has 0 atom stereocenters. The zero-order chi connectivity index (χ0) is 22.3. The van der Waals surface area contributed by atoms with Crippen molar-refractivity contribution in [2.45, 2.75) is 13.2 Å². The molecule has 1 aliphatic rings. The molecule has 1 aliphatic heterocycles. The minimum atomic E-state index is 0.464. The Bertz CT molecular complexity index is 1040. The first-order chi connectivity index (χ1) is 15.6. The van der Waals surface area contributed by atoms with Gasteiger partial charge in [-0.25, -0.2) is 0 Å². The van der Waals surface area contributed by atoms with Crippen LogP contribution in [-0.4, -0.2) is 33.4 Å². The summed E-state index contributed by atoms with van der Waals surface area (Å²) in [4.78, 5) is 2.25. The summed E-state index contributed by atoms with van der Waals surface area (Å²) in [6.07, 6.45) is 0. The van der Waals surface area contributed by atoms with E-state index >= 15 is 0 Å². The number of rotatable bonds is 8. The van der Waals surface area contributed by atoms with E-state index in [0.717, 1.165) is 64.0 Å². The third-order valence-corrected chi connectivity index (χ3v) is 6.09.